The fourth-order valence-corrected chi connectivity index (χ4v) is 7.07. The quantitative estimate of drug-likeness (QED) is 0.0861. The second-order valence-corrected chi connectivity index (χ2v) is 14.6. The summed E-state index contributed by atoms with van der Waals surface area (Å²) in [4.78, 5) is 12.7. The Morgan fingerprint density at radius 3 is 1.38 bits per heavy atom. The molecule has 0 aliphatic carbocycles. The summed E-state index contributed by atoms with van der Waals surface area (Å²) in [7, 11) is 0. The van der Waals surface area contributed by atoms with Gasteiger partial charge < -0.3 is 16.6 Å². The Bertz CT molecular complexity index is 2700. The summed E-state index contributed by atoms with van der Waals surface area (Å²) >= 11 is 25.8. The molecule has 0 amide bonds. The highest BCUT2D eigenvalue weighted by molar-refractivity contribution is 6.38. The second-order valence-electron chi connectivity index (χ2n) is 13.0. The lowest BCUT2D eigenvalue weighted by atomic mass is 10.2. The minimum absolute atomic E-state index is 0.0353. The predicted octanol–water partition coefficient (Wildman–Crippen LogP) is 9.36. The van der Waals surface area contributed by atoms with Gasteiger partial charge in [-0.3, -0.25) is 0 Å². The topological polar surface area (TPSA) is 279 Å². The lowest BCUT2D eigenvalue weighted by molar-refractivity contribution is 0.423. The highest BCUT2D eigenvalue weighted by Gasteiger charge is 2.25. The number of aromatic nitrogens is 11. The number of hydrogen-bond donors (Lipinski definition) is 3. The van der Waals surface area contributed by atoms with Crippen molar-refractivity contribution >= 4 is 81.0 Å². The van der Waals surface area contributed by atoms with Crippen molar-refractivity contribution in [2.45, 2.75) is 52.4 Å². The minimum atomic E-state index is -0.709. The minimum Gasteiger partial charge on any atom is -0.479 e. The first-order chi connectivity index (χ1) is 29.5. The molecule has 5 N–H and O–H groups in total. The van der Waals surface area contributed by atoms with Crippen LogP contribution in [0.4, 0.5) is 34.6 Å². The SMILES string of the molecule is CCCCc1nn(-c2nc(O)nc(-n3nc(CCCC)c(N=Nc4c(C#N)cnn4-c4c(Cl)cccc4Cl)c3N)n2)c(N)c1N=Nc1c(C#N)cnn1-c1c(Cl)cccc1Cl. The number of nitrogen functional groups attached to an aromatic ring is 2. The van der Waals surface area contributed by atoms with E-state index in [2.05, 4.69) is 67.9 Å². The van der Waals surface area contributed by atoms with Gasteiger partial charge in [-0.15, -0.1) is 20.5 Å². The van der Waals surface area contributed by atoms with Crippen LogP contribution in [-0.4, -0.2) is 59.2 Å². The summed E-state index contributed by atoms with van der Waals surface area (Å²) in [5, 5.41) is 67.1. The molecule has 5 aromatic heterocycles. The molecule has 7 rings (SSSR count). The standard InChI is InChI=1S/C37H31Cl4N19O/c1-3-5-13-25-27(51-53-33-19(15-42)17-46-57(33)29-21(38)9-7-10-22(29)39)31(44)59(55-25)35-48-36(50-37(61)49-35)60-32(45)28(26(56-60)14-6-4-2)52-54-34-20(16-43)18-47-58(34)30-23(40)11-8-12-24(30)41/h7-12,17-18H,3-6,13-14,44-45H2,1-2H3,(H,48,49,50,61). The normalized spacial score (nSPS) is 11.5. The van der Waals surface area contributed by atoms with E-state index in [1.165, 1.54) is 31.1 Å². The van der Waals surface area contributed by atoms with Crippen LogP contribution >= 0.6 is 46.4 Å². The van der Waals surface area contributed by atoms with E-state index in [9.17, 15) is 15.6 Å². The van der Waals surface area contributed by atoms with Crippen molar-refractivity contribution in [1.82, 2.24) is 54.1 Å². The van der Waals surface area contributed by atoms with E-state index in [0.29, 0.717) is 48.4 Å². The number of anilines is 2. The maximum atomic E-state index is 10.8. The number of nitrogens with zero attached hydrogens (tertiary/aromatic N) is 17. The van der Waals surface area contributed by atoms with Crippen LogP contribution in [0.25, 0.3) is 23.3 Å². The van der Waals surface area contributed by atoms with Gasteiger partial charge in [-0.05, 0) is 49.9 Å². The van der Waals surface area contributed by atoms with E-state index < -0.39 is 6.01 Å². The molecule has 0 aliphatic heterocycles. The Morgan fingerprint density at radius 1 is 0.623 bits per heavy atom. The predicted molar refractivity (Wildman–Crippen MR) is 227 cm³/mol. The molecule has 5 heterocycles. The number of halogens is 4. The number of aryl methyl sites for hydroxylation is 2. The number of para-hydroxylation sites is 2. The van der Waals surface area contributed by atoms with Gasteiger partial charge in [0, 0.05) is 0 Å². The van der Waals surface area contributed by atoms with Gasteiger partial charge in [0.15, 0.2) is 34.6 Å². The van der Waals surface area contributed by atoms with Crippen molar-refractivity contribution < 1.29 is 5.11 Å². The van der Waals surface area contributed by atoms with E-state index in [4.69, 9.17) is 57.9 Å². The molecule has 7 aromatic rings. The van der Waals surface area contributed by atoms with Crippen molar-refractivity contribution in [2.24, 2.45) is 20.5 Å². The van der Waals surface area contributed by atoms with E-state index in [-0.39, 0.29) is 77.8 Å². The largest absolute Gasteiger partial charge is 0.479 e. The molecular formula is C37H31Cl4N19O. The van der Waals surface area contributed by atoms with Crippen LogP contribution in [0.5, 0.6) is 6.01 Å². The first-order valence-electron chi connectivity index (χ1n) is 18.4. The molecule has 2 aromatic carbocycles. The number of aromatic hydroxyl groups is 1. The molecule has 61 heavy (non-hydrogen) atoms. The molecule has 20 nitrogen and oxygen atoms in total. The average molecular weight is 900 g/mol. The second kappa shape index (κ2) is 18.1. The zero-order valence-electron chi connectivity index (χ0n) is 32.1. The fraction of sp³-hybridized carbons (Fsp3) is 0.216. The molecule has 0 aliphatic rings. The first-order valence-corrected chi connectivity index (χ1v) is 19.9. The molecule has 0 unspecified atom stereocenters. The van der Waals surface area contributed by atoms with Gasteiger partial charge in [-0.1, -0.05) is 85.2 Å². The third kappa shape index (κ3) is 8.29. The van der Waals surface area contributed by atoms with Gasteiger partial charge >= 0.3 is 6.01 Å². The lowest BCUT2D eigenvalue weighted by Gasteiger charge is -2.08. The Kier molecular flexibility index (Phi) is 12.5. The molecule has 0 saturated carbocycles. The van der Waals surface area contributed by atoms with Gasteiger partial charge in [0.1, 0.15) is 34.6 Å². The summed E-state index contributed by atoms with van der Waals surface area (Å²) in [5.74, 6) is -0.459. The molecule has 24 heteroatoms. The highest BCUT2D eigenvalue weighted by Crippen LogP contribution is 2.38. The van der Waals surface area contributed by atoms with E-state index >= 15 is 0 Å². The molecule has 308 valence electrons. The van der Waals surface area contributed by atoms with Crippen molar-refractivity contribution in [3.05, 3.63) is 91.4 Å². The Labute approximate surface area is 366 Å². The summed E-state index contributed by atoms with van der Waals surface area (Å²) in [5.41, 5.74) is 15.2. The number of hydrogen-bond acceptors (Lipinski definition) is 16. The number of rotatable bonds is 14. The Balaban J connectivity index is 1.30. The highest BCUT2D eigenvalue weighted by atomic mass is 35.5. The third-order valence-electron chi connectivity index (χ3n) is 8.96. The molecule has 0 fully saturated rings. The van der Waals surface area contributed by atoms with Crippen molar-refractivity contribution in [3.8, 4) is 41.4 Å². The molecule has 0 atom stereocenters. The van der Waals surface area contributed by atoms with E-state index in [1.807, 2.05) is 13.8 Å². The number of unbranched alkanes of at least 4 members (excludes halogenated alkanes) is 2. The molecule has 0 spiro atoms. The van der Waals surface area contributed by atoms with Crippen LogP contribution in [0, 0.1) is 22.7 Å². The first kappa shape index (κ1) is 42.2. The van der Waals surface area contributed by atoms with Crippen molar-refractivity contribution in [3.63, 3.8) is 0 Å². The smallest absolute Gasteiger partial charge is 0.320 e. The van der Waals surface area contributed by atoms with Gasteiger partial charge in [0.25, 0.3) is 11.9 Å². The van der Waals surface area contributed by atoms with Gasteiger partial charge in [-0.25, -0.2) is 9.36 Å². The van der Waals surface area contributed by atoms with Crippen LogP contribution in [0.15, 0.2) is 69.2 Å². The molecule has 0 saturated heterocycles. The maximum absolute atomic E-state index is 10.8. The summed E-state index contributed by atoms with van der Waals surface area (Å²) < 4.78 is 4.94. The zero-order valence-corrected chi connectivity index (χ0v) is 35.1. The third-order valence-corrected chi connectivity index (χ3v) is 10.2. The van der Waals surface area contributed by atoms with Crippen molar-refractivity contribution in [1.29, 1.82) is 10.5 Å². The summed E-state index contributed by atoms with van der Waals surface area (Å²) in [6.45, 7) is 4.01. The van der Waals surface area contributed by atoms with E-state index in [0.717, 1.165) is 12.8 Å². The van der Waals surface area contributed by atoms with Crippen LogP contribution in [-0.2, 0) is 12.8 Å². The van der Waals surface area contributed by atoms with Crippen molar-refractivity contribution in [2.75, 3.05) is 11.5 Å². The fourth-order valence-electron chi connectivity index (χ4n) is 5.96. The molecule has 0 radical (unpaired) electrons. The maximum Gasteiger partial charge on any atom is 0.320 e. The van der Waals surface area contributed by atoms with E-state index in [1.54, 1.807) is 36.4 Å². The van der Waals surface area contributed by atoms with Gasteiger partial charge in [-0.2, -0.15) is 55.2 Å². The molecule has 0 bridgehead atoms. The number of nitriles is 2. The Morgan fingerprint density at radius 2 is 1.02 bits per heavy atom. The van der Waals surface area contributed by atoms with Gasteiger partial charge in [0.05, 0.1) is 43.9 Å². The summed E-state index contributed by atoms with van der Waals surface area (Å²) in [6, 6.07) is 13.2. The van der Waals surface area contributed by atoms with Crippen LogP contribution in [0.3, 0.4) is 0 Å². The van der Waals surface area contributed by atoms with Gasteiger partial charge in [0.2, 0.25) is 0 Å². The zero-order chi connectivity index (χ0) is 43.4. The van der Waals surface area contributed by atoms with Crippen LogP contribution in [0.1, 0.15) is 62.0 Å². The monoisotopic (exact) mass is 897 g/mol. The van der Waals surface area contributed by atoms with Crippen LogP contribution in [0.2, 0.25) is 20.1 Å². The average Bonchev–Trinajstić information content (AvgIpc) is 4.00. The number of benzene rings is 2. The lowest BCUT2D eigenvalue weighted by Crippen LogP contribution is -2.13. The Hall–Kier alpha value is -6.97. The number of azo groups is 2. The molecular weight excluding hydrogens is 868 g/mol. The number of nitrogens with two attached hydrogens (primary N) is 2. The van der Waals surface area contributed by atoms with Crippen LogP contribution < -0.4 is 11.5 Å². The summed E-state index contributed by atoms with van der Waals surface area (Å²) in [6.07, 6.45) is 6.48.